The number of hydrogen-bond acceptors (Lipinski definition) is 6. The summed E-state index contributed by atoms with van der Waals surface area (Å²) in [7, 11) is 0. The lowest BCUT2D eigenvalue weighted by Gasteiger charge is -2.05. The highest BCUT2D eigenvalue weighted by atomic mass is 127. The zero-order valence-corrected chi connectivity index (χ0v) is 13.3. The second-order valence-corrected chi connectivity index (χ2v) is 5.65. The average molecular weight is 398 g/mol. The zero-order valence-electron chi connectivity index (χ0n) is 10.3. The van der Waals surface area contributed by atoms with E-state index in [0.29, 0.717) is 10.9 Å². The topological polar surface area (TPSA) is 72.5 Å². The number of rotatable bonds is 5. The maximum atomic E-state index is 5.52. The molecule has 0 fully saturated rings. The Bertz CT molecular complexity index is 663. The van der Waals surface area contributed by atoms with Crippen molar-refractivity contribution in [2.45, 2.75) is 0 Å². The Kier molecular flexibility index (Phi) is 5.20. The lowest BCUT2D eigenvalue weighted by atomic mass is 10.2. The largest absolute Gasteiger partial charge is 0.480 e. The lowest BCUT2D eigenvalue weighted by Crippen LogP contribution is -1.97. The monoisotopic (exact) mass is 398 g/mol. The Morgan fingerprint density at radius 3 is 3.10 bits per heavy atom. The molecule has 0 saturated carbocycles. The maximum Gasteiger partial charge on any atom is 0.205 e. The summed E-state index contributed by atoms with van der Waals surface area (Å²) >= 11 is 3.59. The van der Waals surface area contributed by atoms with Gasteiger partial charge in [0.15, 0.2) is 0 Å². The number of benzene rings is 1. The number of halogens is 1. The van der Waals surface area contributed by atoms with Crippen LogP contribution in [0.15, 0.2) is 28.7 Å². The first kappa shape index (κ1) is 14.6. The number of anilines is 2. The van der Waals surface area contributed by atoms with E-state index in [-0.39, 0.29) is 6.61 Å². The Hall–Kier alpha value is -1.79. The van der Waals surface area contributed by atoms with Gasteiger partial charge in [0.2, 0.25) is 5.13 Å². The third-order valence-corrected chi connectivity index (χ3v) is 3.77. The van der Waals surface area contributed by atoms with Gasteiger partial charge in [-0.15, -0.1) is 17.8 Å². The Balaban J connectivity index is 1.99. The van der Waals surface area contributed by atoms with E-state index >= 15 is 0 Å². The van der Waals surface area contributed by atoms with Crippen LogP contribution in [0.1, 0.15) is 5.56 Å². The van der Waals surface area contributed by atoms with E-state index in [1.54, 1.807) is 11.6 Å². The summed E-state index contributed by atoms with van der Waals surface area (Å²) in [6, 6.07) is 5.71. The van der Waals surface area contributed by atoms with Gasteiger partial charge in [-0.3, -0.25) is 5.43 Å². The fraction of sp³-hybridized carbons (Fsp3) is 0.0769. The third-order valence-electron chi connectivity index (χ3n) is 2.16. The van der Waals surface area contributed by atoms with Crippen LogP contribution in [0.3, 0.4) is 0 Å². The molecule has 0 bridgehead atoms. The molecule has 0 aliphatic heterocycles. The molecule has 1 heterocycles. The molecule has 2 rings (SSSR count). The van der Waals surface area contributed by atoms with E-state index in [2.05, 4.69) is 44.0 Å². The van der Waals surface area contributed by atoms with Gasteiger partial charge in [0.05, 0.1) is 9.78 Å². The summed E-state index contributed by atoms with van der Waals surface area (Å²) in [4.78, 5) is 4.04. The van der Waals surface area contributed by atoms with E-state index in [0.717, 1.165) is 14.9 Å². The van der Waals surface area contributed by atoms with Crippen LogP contribution in [0.25, 0.3) is 0 Å². The highest BCUT2D eigenvalue weighted by Gasteiger charge is 2.01. The van der Waals surface area contributed by atoms with Crippen molar-refractivity contribution in [1.82, 2.24) is 4.98 Å². The highest BCUT2D eigenvalue weighted by Crippen LogP contribution is 2.21. The van der Waals surface area contributed by atoms with Gasteiger partial charge in [0.25, 0.3) is 0 Å². The van der Waals surface area contributed by atoms with E-state index in [4.69, 9.17) is 16.9 Å². The number of thiazole rings is 1. The van der Waals surface area contributed by atoms with Crippen molar-refractivity contribution < 1.29 is 4.74 Å². The molecule has 0 spiro atoms. The van der Waals surface area contributed by atoms with Gasteiger partial charge in [-0.1, -0.05) is 5.92 Å². The molecule has 3 N–H and O–H groups in total. The predicted octanol–water partition coefficient (Wildman–Crippen LogP) is 2.79. The summed E-state index contributed by atoms with van der Waals surface area (Å²) in [5.41, 5.74) is 9.28. The number of terminal acetylenes is 1. The molecule has 0 unspecified atom stereocenters. The van der Waals surface area contributed by atoms with Crippen molar-refractivity contribution in [2.75, 3.05) is 17.8 Å². The van der Waals surface area contributed by atoms with Crippen molar-refractivity contribution in [3.05, 3.63) is 32.7 Å². The summed E-state index contributed by atoms with van der Waals surface area (Å²) in [5.74, 6) is 3.68. The fourth-order valence-electron chi connectivity index (χ4n) is 1.33. The van der Waals surface area contributed by atoms with Gasteiger partial charge in [0, 0.05) is 5.38 Å². The average Bonchev–Trinajstić information content (AvgIpc) is 2.84. The normalized spacial score (nSPS) is 10.4. The molecule has 0 saturated heterocycles. The molecule has 0 atom stereocenters. The number of aromatic nitrogens is 1. The van der Waals surface area contributed by atoms with Gasteiger partial charge in [0.1, 0.15) is 18.2 Å². The molecule has 0 aliphatic carbocycles. The molecular formula is C13H11IN4OS. The van der Waals surface area contributed by atoms with Crippen LogP contribution >= 0.6 is 33.9 Å². The summed E-state index contributed by atoms with van der Waals surface area (Å²) in [6.45, 7) is 0.260. The van der Waals surface area contributed by atoms with Crippen molar-refractivity contribution in [3.63, 3.8) is 0 Å². The van der Waals surface area contributed by atoms with Crippen LogP contribution in [0.4, 0.5) is 10.9 Å². The molecule has 0 radical (unpaired) electrons. The summed E-state index contributed by atoms with van der Waals surface area (Å²) in [5, 5.41) is 6.50. The molecule has 20 heavy (non-hydrogen) atoms. The Morgan fingerprint density at radius 2 is 2.45 bits per heavy atom. The molecule has 0 amide bonds. The van der Waals surface area contributed by atoms with Crippen LogP contribution < -0.4 is 15.9 Å². The molecule has 102 valence electrons. The van der Waals surface area contributed by atoms with Crippen LogP contribution in [0.5, 0.6) is 5.75 Å². The van der Waals surface area contributed by atoms with Crippen LogP contribution in [0.2, 0.25) is 0 Å². The standard InChI is InChI=1S/C13H11IN4OS/c1-2-5-19-11-4-3-9(6-10(11)14)7-16-18-13-17-12(15)8-20-13/h1,3-4,6-8H,5,15H2,(H,17,18). The van der Waals surface area contributed by atoms with Crippen LogP contribution in [0, 0.1) is 15.9 Å². The van der Waals surface area contributed by atoms with Gasteiger partial charge in [-0.05, 0) is 46.4 Å². The van der Waals surface area contributed by atoms with Crippen molar-refractivity contribution in [2.24, 2.45) is 5.10 Å². The predicted molar refractivity (Wildman–Crippen MR) is 91.2 cm³/mol. The van der Waals surface area contributed by atoms with E-state index < -0.39 is 0 Å². The number of hydrazone groups is 1. The van der Waals surface area contributed by atoms with Crippen molar-refractivity contribution >= 4 is 51.1 Å². The Morgan fingerprint density at radius 1 is 1.60 bits per heavy atom. The van der Waals surface area contributed by atoms with Gasteiger partial charge >= 0.3 is 0 Å². The molecule has 1 aromatic heterocycles. The van der Waals surface area contributed by atoms with Crippen LogP contribution in [-0.4, -0.2) is 17.8 Å². The zero-order chi connectivity index (χ0) is 14.4. The molecule has 7 heteroatoms. The second kappa shape index (κ2) is 7.12. The van der Waals surface area contributed by atoms with Gasteiger partial charge in [-0.2, -0.15) is 5.10 Å². The summed E-state index contributed by atoms with van der Waals surface area (Å²) < 4.78 is 6.36. The quantitative estimate of drug-likeness (QED) is 0.352. The lowest BCUT2D eigenvalue weighted by molar-refractivity contribution is 0.368. The first-order valence-electron chi connectivity index (χ1n) is 5.55. The van der Waals surface area contributed by atoms with Gasteiger partial charge in [-0.25, -0.2) is 4.98 Å². The van der Waals surface area contributed by atoms with Crippen molar-refractivity contribution in [3.8, 4) is 18.1 Å². The maximum absolute atomic E-state index is 5.52. The number of nitrogen functional groups attached to an aromatic ring is 1. The molecule has 5 nitrogen and oxygen atoms in total. The highest BCUT2D eigenvalue weighted by molar-refractivity contribution is 14.1. The minimum Gasteiger partial charge on any atom is -0.480 e. The fourth-order valence-corrected chi connectivity index (χ4v) is 2.58. The van der Waals surface area contributed by atoms with E-state index in [1.807, 2.05) is 18.2 Å². The SMILES string of the molecule is C#CCOc1ccc(C=NNc2nc(N)cs2)cc1I. The Labute approximate surface area is 134 Å². The number of hydrogen-bond donors (Lipinski definition) is 2. The van der Waals surface area contributed by atoms with E-state index in [1.165, 1.54) is 11.3 Å². The minimum absolute atomic E-state index is 0.260. The molecular weight excluding hydrogens is 387 g/mol. The minimum atomic E-state index is 0.260. The first-order valence-corrected chi connectivity index (χ1v) is 7.51. The van der Waals surface area contributed by atoms with Crippen LogP contribution in [-0.2, 0) is 0 Å². The second-order valence-electron chi connectivity index (χ2n) is 3.63. The molecule has 1 aromatic carbocycles. The number of nitrogens with two attached hydrogens (primary N) is 1. The first-order chi connectivity index (χ1) is 9.69. The number of nitrogens with one attached hydrogen (secondary N) is 1. The number of nitrogens with zero attached hydrogens (tertiary/aromatic N) is 2. The number of ether oxygens (including phenoxy) is 1. The summed E-state index contributed by atoms with van der Waals surface area (Å²) in [6.07, 6.45) is 6.86. The third kappa shape index (κ3) is 4.11. The van der Waals surface area contributed by atoms with Crippen molar-refractivity contribution in [1.29, 1.82) is 0 Å². The molecule has 2 aromatic rings. The van der Waals surface area contributed by atoms with E-state index in [9.17, 15) is 0 Å². The van der Waals surface area contributed by atoms with Gasteiger partial charge < -0.3 is 10.5 Å². The smallest absolute Gasteiger partial charge is 0.205 e. The molecule has 0 aliphatic rings.